The number of hydrogen-bond acceptors (Lipinski definition) is 9. The molecule has 0 unspecified atom stereocenters. The van der Waals surface area contributed by atoms with Crippen molar-refractivity contribution in [3.63, 3.8) is 0 Å². The molecule has 3 aliphatic rings. The number of rotatable bonds is 12. The van der Waals surface area contributed by atoms with E-state index in [1.165, 1.54) is 28.8 Å². The quantitative estimate of drug-likeness (QED) is 0.361. The Hall–Kier alpha value is -3.49. The molecule has 14 heteroatoms. The highest BCUT2D eigenvalue weighted by Gasteiger charge is 2.46. The van der Waals surface area contributed by atoms with Crippen LogP contribution in [0.1, 0.15) is 63.7 Å². The van der Waals surface area contributed by atoms with Crippen LogP contribution in [0, 0.1) is 11.2 Å². The van der Waals surface area contributed by atoms with E-state index in [1.807, 2.05) is 20.8 Å². The number of hydrogen-bond donors (Lipinski definition) is 1. The molecule has 0 bridgehead atoms. The van der Waals surface area contributed by atoms with Crippen molar-refractivity contribution >= 4 is 21.9 Å². The number of ether oxygens (including phenoxy) is 2. The van der Waals surface area contributed by atoms with Gasteiger partial charge in [0.25, 0.3) is 5.91 Å². The summed E-state index contributed by atoms with van der Waals surface area (Å²) in [5.41, 5.74) is 0.924. The van der Waals surface area contributed by atoms with Gasteiger partial charge in [0.1, 0.15) is 30.3 Å². The minimum Gasteiger partial charge on any atom is -0.495 e. The van der Waals surface area contributed by atoms with Crippen LogP contribution in [0.4, 0.5) is 10.2 Å². The third-order valence-corrected chi connectivity index (χ3v) is 10.9. The molecule has 12 nitrogen and oxygen atoms in total. The van der Waals surface area contributed by atoms with Gasteiger partial charge in [0.15, 0.2) is 11.6 Å². The number of likely N-dealkylation sites (tertiary alicyclic amines) is 1. The molecule has 1 spiro atoms. The van der Waals surface area contributed by atoms with Crippen molar-refractivity contribution in [1.82, 2.24) is 28.8 Å². The fourth-order valence-electron chi connectivity index (χ4n) is 6.37. The molecule has 4 heterocycles. The maximum atomic E-state index is 14.3. The van der Waals surface area contributed by atoms with Crippen LogP contribution in [-0.2, 0) is 14.9 Å². The summed E-state index contributed by atoms with van der Waals surface area (Å²) >= 11 is 0. The largest absolute Gasteiger partial charge is 0.495 e. The van der Waals surface area contributed by atoms with Crippen LogP contribution in [0.5, 0.6) is 11.5 Å². The molecule has 3 aliphatic heterocycles. The number of carbonyl (C=O) groups excluding carboxylic acids is 1. The molecule has 5 rings (SSSR count). The Morgan fingerprint density at radius 3 is 2.57 bits per heavy atom. The molecular formula is C32H46FN7O5S. The number of allylic oxidation sites excluding steroid dienone is 1. The molecule has 1 amide bonds. The number of halogens is 1. The lowest BCUT2D eigenvalue weighted by Crippen LogP contribution is -2.61. The van der Waals surface area contributed by atoms with Crippen molar-refractivity contribution < 1.29 is 27.1 Å². The van der Waals surface area contributed by atoms with Crippen LogP contribution in [0.3, 0.4) is 0 Å². The molecule has 2 aromatic rings. The monoisotopic (exact) mass is 659 g/mol. The second-order valence-corrected chi connectivity index (χ2v) is 14.5. The first-order valence-corrected chi connectivity index (χ1v) is 17.5. The Kier molecular flexibility index (Phi) is 10.4. The zero-order valence-corrected chi connectivity index (χ0v) is 28.2. The van der Waals surface area contributed by atoms with E-state index in [4.69, 9.17) is 9.47 Å². The predicted molar refractivity (Wildman–Crippen MR) is 173 cm³/mol. The van der Waals surface area contributed by atoms with Crippen LogP contribution < -0.4 is 14.4 Å². The van der Waals surface area contributed by atoms with Gasteiger partial charge in [-0.2, -0.15) is 12.7 Å². The van der Waals surface area contributed by atoms with Crippen molar-refractivity contribution in [1.29, 1.82) is 0 Å². The molecule has 0 saturated carbocycles. The van der Waals surface area contributed by atoms with Crippen LogP contribution >= 0.6 is 0 Å². The Balaban J connectivity index is 1.16. The van der Waals surface area contributed by atoms with E-state index in [9.17, 15) is 17.6 Å². The highest BCUT2D eigenvalue weighted by molar-refractivity contribution is 7.87. The summed E-state index contributed by atoms with van der Waals surface area (Å²) in [6.07, 6.45) is 8.12. The van der Waals surface area contributed by atoms with E-state index in [0.29, 0.717) is 36.8 Å². The van der Waals surface area contributed by atoms with E-state index in [0.717, 1.165) is 52.0 Å². The Bertz CT molecular complexity index is 1520. The highest BCUT2D eigenvalue weighted by atomic mass is 32.2. The third-order valence-electron chi connectivity index (χ3n) is 9.26. The Morgan fingerprint density at radius 1 is 1.20 bits per heavy atom. The molecule has 1 aromatic heterocycles. The summed E-state index contributed by atoms with van der Waals surface area (Å²) in [4.78, 5) is 28.3. The number of aromatic nitrogens is 2. The zero-order valence-electron chi connectivity index (χ0n) is 27.4. The van der Waals surface area contributed by atoms with E-state index in [1.54, 1.807) is 31.3 Å². The zero-order chi connectivity index (χ0) is 33.1. The van der Waals surface area contributed by atoms with Crippen molar-refractivity contribution in [2.45, 2.75) is 65.5 Å². The van der Waals surface area contributed by atoms with Crippen molar-refractivity contribution in [3.05, 3.63) is 54.1 Å². The lowest BCUT2D eigenvalue weighted by atomic mass is 9.72. The molecule has 2 fully saturated rings. The first-order valence-electron chi connectivity index (χ1n) is 16.1. The van der Waals surface area contributed by atoms with Crippen LogP contribution in [-0.4, -0.2) is 103 Å². The number of carbonyl (C=O) groups is 1. The minimum atomic E-state index is -3.55. The lowest BCUT2D eigenvalue weighted by Gasteiger charge is -2.54. The van der Waals surface area contributed by atoms with Gasteiger partial charge in [-0.3, -0.25) is 14.4 Å². The maximum absolute atomic E-state index is 14.3. The number of nitrogens with zero attached hydrogens (tertiary/aromatic N) is 6. The smallest absolute Gasteiger partial charge is 0.301 e. The van der Waals surface area contributed by atoms with Gasteiger partial charge in [-0.15, -0.1) is 0 Å². The van der Waals surface area contributed by atoms with Gasteiger partial charge in [0.05, 0.1) is 17.5 Å². The average Bonchev–Trinajstić information content (AvgIpc) is 3.02. The van der Waals surface area contributed by atoms with Crippen LogP contribution in [0.25, 0.3) is 0 Å². The van der Waals surface area contributed by atoms with Gasteiger partial charge in [-0.1, -0.05) is 6.92 Å². The molecule has 1 atom stereocenters. The molecule has 252 valence electrons. The Labute approximate surface area is 271 Å². The summed E-state index contributed by atoms with van der Waals surface area (Å²) in [5.74, 6) is 0.548. The first-order chi connectivity index (χ1) is 21.9. The topological polar surface area (TPSA) is 120 Å². The van der Waals surface area contributed by atoms with E-state index in [-0.39, 0.29) is 34.8 Å². The summed E-state index contributed by atoms with van der Waals surface area (Å²) in [6, 6.07) is 3.94. The second-order valence-electron chi connectivity index (χ2n) is 12.8. The van der Waals surface area contributed by atoms with Crippen LogP contribution in [0.2, 0.25) is 0 Å². The molecule has 2 saturated heterocycles. The Morgan fingerprint density at radius 2 is 1.93 bits per heavy atom. The number of nitrogens with one attached hydrogen (secondary N) is 1. The van der Waals surface area contributed by atoms with Gasteiger partial charge >= 0.3 is 10.2 Å². The van der Waals surface area contributed by atoms with Gasteiger partial charge < -0.3 is 19.3 Å². The summed E-state index contributed by atoms with van der Waals surface area (Å²) in [6.45, 7) is 12.8. The maximum Gasteiger partial charge on any atom is 0.301 e. The van der Waals surface area contributed by atoms with Gasteiger partial charge in [0, 0.05) is 51.2 Å². The summed E-state index contributed by atoms with van der Waals surface area (Å²) in [7, 11) is -2.00. The normalized spacial score (nSPS) is 19.9. The molecular weight excluding hydrogens is 613 g/mol. The van der Waals surface area contributed by atoms with Gasteiger partial charge in [-0.05, 0) is 77.7 Å². The third kappa shape index (κ3) is 7.55. The van der Waals surface area contributed by atoms with E-state index in [2.05, 4.69) is 24.5 Å². The second kappa shape index (κ2) is 14.1. The standard InChI is InChI=1S/C32H46FN7O5S/c1-6-37(5)46(42,43)36-25-9-10-26(44-19-25)18-38-14-12-32(13-15-38)20-39(21-32)30-29(17-34-22-35-30)45-28-11-8-24(33)16-27(28)31(41)40(7-2)23(3)4/h8,11,16-17,19,22-23,26,36H,6-7,9-10,12-15,18,20-21H2,1-5H3/t26-/m0/s1. The number of benzene rings is 1. The van der Waals surface area contributed by atoms with Crippen molar-refractivity contribution in [2.24, 2.45) is 5.41 Å². The van der Waals surface area contributed by atoms with Crippen molar-refractivity contribution in [3.8, 4) is 11.5 Å². The van der Waals surface area contributed by atoms with Crippen LogP contribution in [0.15, 0.2) is 42.7 Å². The van der Waals surface area contributed by atoms with Gasteiger partial charge in [0.2, 0.25) is 0 Å². The van der Waals surface area contributed by atoms with Crippen molar-refractivity contribution in [2.75, 3.05) is 57.8 Å². The minimum absolute atomic E-state index is 0.0259. The first kappa shape index (κ1) is 33.9. The number of amides is 1. The predicted octanol–water partition coefficient (Wildman–Crippen LogP) is 3.99. The van der Waals surface area contributed by atoms with Gasteiger partial charge in [-0.25, -0.2) is 14.4 Å². The summed E-state index contributed by atoms with van der Waals surface area (Å²) < 4.78 is 54.9. The average molecular weight is 660 g/mol. The molecule has 0 radical (unpaired) electrons. The fraction of sp³-hybridized carbons (Fsp3) is 0.594. The number of piperidine rings is 1. The fourth-order valence-corrected chi connectivity index (χ4v) is 7.34. The molecule has 1 N–H and O–H groups in total. The lowest BCUT2D eigenvalue weighted by molar-refractivity contribution is 0.0293. The highest BCUT2D eigenvalue weighted by Crippen LogP contribution is 2.45. The molecule has 1 aromatic carbocycles. The molecule has 0 aliphatic carbocycles. The van der Waals surface area contributed by atoms with E-state index < -0.39 is 16.0 Å². The summed E-state index contributed by atoms with van der Waals surface area (Å²) in [5, 5.41) is 0. The van der Waals surface area contributed by atoms with E-state index >= 15 is 0 Å². The molecule has 46 heavy (non-hydrogen) atoms. The number of anilines is 1. The SMILES string of the molecule is CCN(C(=O)c1cc(F)ccc1Oc1cncnc1N1CC2(CCN(C[C@@H]3CCC(NS(=O)(=O)N(C)CC)=CO3)CC2)C1)C(C)C.